The second kappa shape index (κ2) is 7.02. The van der Waals surface area contributed by atoms with E-state index >= 15 is 0 Å². The Balaban J connectivity index is 2.31. The Morgan fingerprint density at radius 3 is 2.40 bits per heavy atom. The van der Waals surface area contributed by atoms with Gasteiger partial charge in [0.25, 0.3) is 0 Å². The van der Waals surface area contributed by atoms with Crippen molar-refractivity contribution in [3.63, 3.8) is 0 Å². The van der Waals surface area contributed by atoms with Gasteiger partial charge >= 0.3 is 0 Å². The third kappa shape index (κ3) is 5.33. The highest BCUT2D eigenvalue weighted by molar-refractivity contribution is 9.10. The number of hydrogen-bond acceptors (Lipinski definition) is 1. The molecule has 0 saturated heterocycles. The molecule has 0 unspecified atom stereocenters. The van der Waals surface area contributed by atoms with Crippen molar-refractivity contribution in [1.82, 2.24) is 4.90 Å². The van der Waals surface area contributed by atoms with Gasteiger partial charge in [-0.25, -0.2) is 0 Å². The lowest BCUT2D eigenvalue weighted by Crippen LogP contribution is -2.18. The summed E-state index contributed by atoms with van der Waals surface area (Å²) in [5.74, 6) is 0. The fraction of sp³-hybridized carbons (Fsp3) is 0.538. The van der Waals surface area contributed by atoms with E-state index in [0.29, 0.717) is 0 Å². The Hall–Kier alpha value is -0.340. The van der Waals surface area contributed by atoms with Gasteiger partial charge in [-0.1, -0.05) is 47.8 Å². The van der Waals surface area contributed by atoms with E-state index in [4.69, 9.17) is 0 Å². The Kier molecular flexibility index (Phi) is 5.96. The minimum atomic E-state index is 1.05. The number of rotatable bonds is 6. The molecule has 0 amide bonds. The highest BCUT2D eigenvalue weighted by atomic mass is 79.9. The SMILES string of the molecule is CCCCCN(C)Cc1ccc(Br)cc1. The largest absolute Gasteiger partial charge is 0.302 e. The minimum absolute atomic E-state index is 1.05. The van der Waals surface area contributed by atoms with Crippen LogP contribution in [0.4, 0.5) is 0 Å². The molecule has 0 radical (unpaired) electrons. The molecule has 84 valence electrons. The van der Waals surface area contributed by atoms with Crippen molar-refractivity contribution in [1.29, 1.82) is 0 Å². The zero-order chi connectivity index (χ0) is 11.1. The molecule has 0 bridgehead atoms. The highest BCUT2D eigenvalue weighted by Crippen LogP contribution is 2.12. The van der Waals surface area contributed by atoms with E-state index in [1.165, 1.54) is 31.4 Å². The lowest BCUT2D eigenvalue weighted by atomic mass is 10.2. The van der Waals surface area contributed by atoms with Crippen LogP contribution in [0.15, 0.2) is 28.7 Å². The molecule has 0 saturated carbocycles. The van der Waals surface area contributed by atoms with Crippen LogP contribution < -0.4 is 0 Å². The summed E-state index contributed by atoms with van der Waals surface area (Å²) in [6.45, 7) is 4.50. The predicted octanol–water partition coefficient (Wildman–Crippen LogP) is 4.07. The molecule has 0 heterocycles. The first-order valence-corrected chi connectivity index (χ1v) is 6.44. The van der Waals surface area contributed by atoms with Gasteiger partial charge in [-0.05, 0) is 37.7 Å². The topological polar surface area (TPSA) is 3.24 Å². The molecule has 0 atom stereocenters. The fourth-order valence-corrected chi connectivity index (χ4v) is 1.88. The summed E-state index contributed by atoms with van der Waals surface area (Å²) in [5.41, 5.74) is 1.39. The molecule has 0 fully saturated rings. The van der Waals surface area contributed by atoms with Gasteiger partial charge in [0.2, 0.25) is 0 Å². The molecule has 0 aromatic heterocycles. The average molecular weight is 270 g/mol. The van der Waals surface area contributed by atoms with Crippen LogP contribution in [-0.4, -0.2) is 18.5 Å². The third-order valence-electron chi connectivity index (χ3n) is 2.51. The van der Waals surface area contributed by atoms with E-state index < -0.39 is 0 Å². The number of benzene rings is 1. The molecule has 1 aromatic carbocycles. The highest BCUT2D eigenvalue weighted by Gasteiger charge is 1.99. The van der Waals surface area contributed by atoms with Gasteiger partial charge < -0.3 is 4.90 Å². The van der Waals surface area contributed by atoms with Crippen LogP contribution in [0, 0.1) is 0 Å². The van der Waals surface area contributed by atoms with Gasteiger partial charge in [-0.3, -0.25) is 0 Å². The van der Waals surface area contributed by atoms with Gasteiger partial charge in [0.05, 0.1) is 0 Å². The molecule has 0 aliphatic heterocycles. The maximum absolute atomic E-state index is 3.45. The first-order chi connectivity index (χ1) is 7.22. The second-order valence-corrected chi connectivity index (χ2v) is 4.99. The van der Waals surface area contributed by atoms with Crippen LogP contribution in [0.5, 0.6) is 0 Å². The summed E-state index contributed by atoms with van der Waals surface area (Å²) < 4.78 is 1.15. The standard InChI is InChI=1S/C13H20BrN/c1-3-4-5-10-15(2)11-12-6-8-13(14)9-7-12/h6-9H,3-5,10-11H2,1-2H3. The first kappa shape index (κ1) is 12.7. The molecule has 2 heteroatoms. The van der Waals surface area contributed by atoms with Crippen molar-refractivity contribution in [3.8, 4) is 0 Å². The third-order valence-corrected chi connectivity index (χ3v) is 3.04. The fourth-order valence-electron chi connectivity index (χ4n) is 1.61. The molecule has 0 spiro atoms. The van der Waals surface area contributed by atoms with E-state index in [9.17, 15) is 0 Å². The number of unbranched alkanes of at least 4 members (excludes halogenated alkanes) is 2. The van der Waals surface area contributed by atoms with Gasteiger partial charge in [-0.2, -0.15) is 0 Å². The van der Waals surface area contributed by atoms with E-state index in [2.05, 4.69) is 59.1 Å². The molecular formula is C13H20BrN. The monoisotopic (exact) mass is 269 g/mol. The molecule has 1 rings (SSSR count). The van der Waals surface area contributed by atoms with Crippen LogP contribution in [0.3, 0.4) is 0 Å². The van der Waals surface area contributed by atoms with E-state index in [0.717, 1.165) is 11.0 Å². The van der Waals surface area contributed by atoms with E-state index in [1.54, 1.807) is 0 Å². The van der Waals surface area contributed by atoms with Crippen LogP contribution in [-0.2, 0) is 6.54 Å². The summed E-state index contributed by atoms with van der Waals surface area (Å²) >= 11 is 3.45. The summed E-state index contributed by atoms with van der Waals surface area (Å²) in [6, 6.07) is 8.57. The molecule has 15 heavy (non-hydrogen) atoms. The van der Waals surface area contributed by atoms with Crippen molar-refractivity contribution in [3.05, 3.63) is 34.3 Å². The predicted molar refractivity (Wildman–Crippen MR) is 70.0 cm³/mol. The van der Waals surface area contributed by atoms with Gasteiger partial charge in [0.15, 0.2) is 0 Å². The Morgan fingerprint density at radius 2 is 1.80 bits per heavy atom. The zero-order valence-electron chi connectivity index (χ0n) is 9.67. The number of nitrogens with zero attached hydrogens (tertiary/aromatic N) is 1. The van der Waals surface area contributed by atoms with Crippen LogP contribution >= 0.6 is 15.9 Å². The number of hydrogen-bond donors (Lipinski definition) is 0. The molecule has 1 aromatic rings. The van der Waals surface area contributed by atoms with Gasteiger partial charge in [0.1, 0.15) is 0 Å². The quantitative estimate of drug-likeness (QED) is 0.704. The molecular weight excluding hydrogens is 250 g/mol. The second-order valence-electron chi connectivity index (χ2n) is 4.07. The Morgan fingerprint density at radius 1 is 1.13 bits per heavy atom. The van der Waals surface area contributed by atoms with Gasteiger partial charge in [-0.15, -0.1) is 0 Å². The summed E-state index contributed by atoms with van der Waals surface area (Å²) in [4.78, 5) is 2.39. The maximum Gasteiger partial charge on any atom is 0.0230 e. The van der Waals surface area contributed by atoms with Crippen molar-refractivity contribution >= 4 is 15.9 Å². The van der Waals surface area contributed by atoms with Crippen LogP contribution in [0.1, 0.15) is 31.7 Å². The van der Waals surface area contributed by atoms with Crippen molar-refractivity contribution in [2.24, 2.45) is 0 Å². The molecule has 0 aliphatic carbocycles. The normalized spacial score (nSPS) is 10.9. The van der Waals surface area contributed by atoms with Crippen LogP contribution in [0.25, 0.3) is 0 Å². The lowest BCUT2D eigenvalue weighted by Gasteiger charge is -2.16. The molecule has 0 aliphatic rings. The first-order valence-electron chi connectivity index (χ1n) is 5.65. The van der Waals surface area contributed by atoms with Gasteiger partial charge in [0, 0.05) is 11.0 Å². The summed E-state index contributed by atoms with van der Waals surface area (Å²) in [5, 5.41) is 0. The van der Waals surface area contributed by atoms with Crippen LogP contribution in [0.2, 0.25) is 0 Å². The van der Waals surface area contributed by atoms with E-state index in [1.807, 2.05) is 0 Å². The van der Waals surface area contributed by atoms with Crippen molar-refractivity contribution in [2.45, 2.75) is 32.7 Å². The van der Waals surface area contributed by atoms with E-state index in [-0.39, 0.29) is 0 Å². The average Bonchev–Trinajstić information content (AvgIpc) is 2.22. The summed E-state index contributed by atoms with van der Waals surface area (Å²) in [6.07, 6.45) is 3.94. The Labute approximate surface area is 102 Å². The molecule has 1 nitrogen and oxygen atoms in total. The number of halogens is 1. The smallest absolute Gasteiger partial charge is 0.0230 e. The molecule has 0 N–H and O–H groups in total. The summed E-state index contributed by atoms with van der Waals surface area (Å²) in [7, 11) is 2.19. The van der Waals surface area contributed by atoms with Crippen molar-refractivity contribution in [2.75, 3.05) is 13.6 Å². The zero-order valence-corrected chi connectivity index (χ0v) is 11.3. The minimum Gasteiger partial charge on any atom is -0.302 e. The lowest BCUT2D eigenvalue weighted by molar-refractivity contribution is 0.318. The van der Waals surface area contributed by atoms with Crippen molar-refractivity contribution < 1.29 is 0 Å². The maximum atomic E-state index is 3.45. The Bertz CT molecular complexity index is 268.